The standard InChI is InChI=1S/C23H31N3O3S/c1-17-10-11-18(2)22(16-17)30(28,29)26-14-12-25(13-15-26)20(4)23(27)24-19(3)21-8-6-5-7-9-21/h5-11,16,19-20H,12-15H2,1-4H3,(H,24,27). The second kappa shape index (κ2) is 9.29. The van der Waals surface area contributed by atoms with Gasteiger partial charge in [0.1, 0.15) is 0 Å². The van der Waals surface area contributed by atoms with Gasteiger partial charge in [0.25, 0.3) is 0 Å². The average Bonchev–Trinajstić information content (AvgIpc) is 2.75. The molecule has 1 amide bonds. The summed E-state index contributed by atoms with van der Waals surface area (Å²) in [6.45, 7) is 9.37. The lowest BCUT2D eigenvalue weighted by molar-refractivity contribution is -0.127. The largest absolute Gasteiger partial charge is 0.348 e. The van der Waals surface area contributed by atoms with Gasteiger partial charge in [-0.15, -0.1) is 0 Å². The fourth-order valence-corrected chi connectivity index (χ4v) is 5.51. The van der Waals surface area contributed by atoms with Crippen LogP contribution < -0.4 is 5.32 Å². The molecule has 2 unspecified atom stereocenters. The van der Waals surface area contributed by atoms with Gasteiger partial charge in [-0.25, -0.2) is 8.42 Å². The topological polar surface area (TPSA) is 69.7 Å². The highest BCUT2D eigenvalue weighted by Crippen LogP contribution is 2.23. The van der Waals surface area contributed by atoms with Gasteiger partial charge >= 0.3 is 0 Å². The van der Waals surface area contributed by atoms with E-state index in [1.807, 2.05) is 75.1 Å². The Bertz CT molecular complexity index is 984. The molecule has 0 saturated carbocycles. The van der Waals surface area contributed by atoms with Gasteiger partial charge in [-0.3, -0.25) is 9.69 Å². The van der Waals surface area contributed by atoms with Crippen LogP contribution in [-0.2, 0) is 14.8 Å². The van der Waals surface area contributed by atoms with Crippen molar-refractivity contribution in [3.8, 4) is 0 Å². The molecule has 0 aromatic heterocycles. The number of aryl methyl sites for hydroxylation is 2. The fourth-order valence-electron chi connectivity index (χ4n) is 3.78. The van der Waals surface area contributed by atoms with Gasteiger partial charge < -0.3 is 5.32 Å². The first-order chi connectivity index (χ1) is 14.2. The number of carbonyl (C=O) groups excluding carboxylic acids is 1. The Morgan fingerprint density at radius 3 is 2.23 bits per heavy atom. The molecule has 1 aliphatic heterocycles. The van der Waals surface area contributed by atoms with E-state index in [4.69, 9.17) is 0 Å². The zero-order valence-corrected chi connectivity index (χ0v) is 18.9. The molecule has 2 aromatic carbocycles. The quantitative estimate of drug-likeness (QED) is 0.767. The molecule has 0 spiro atoms. The van der Waals surface area contributed by atoms with E-state index in [9.17, 15) is 13.2 Å². The number of hydrogen-bond donors (Lipinski definition) is 1. The van der Waals surface area contributed by atoms with Crippen LogP contribution in [0.15, 0.2) is 53.4 Å². The van der Waals surface area contributed by atoms with Crippen LogP contribution in [0.25, 0.3) is 0 Å². The summed E-state index contributed by atoms with van der Waals surface area (Å²) >= 11 is 0. The van der Waals surface area contributed by atoms with E-state index in [0.29, 0.717) is 31.1 Å². The van der Waals surface area contributed by atoms with Gasteiger partial charge in [-0.05, 0) is 50.5 Å². The fraction of sp³-hybridized carbons (Fsp3) is 0.435. The molecule has 1 heterocycles. The Morgan fingerprint density at radius 2 is 1.60 bits per heavy atom. The molecule has 6 nitrogen and oxygen atoms in total. The van der Waals surface area contributed by atoms with Gasteiger partial charge in [0, 0.05) is 26.2 Å². The summed E-state index contributed by atoms with van der Waals surface area (Å²) in [5, 5.41) is 3.06. The Labute approximate surface area is 179 Å². The van der Waals surface area contributed by atoms with Crippen LogP contribution >= 0.6 is 0 Å². The molecule has 2 atom stereocenters. The van der Waals surface area contributed by atoms with Gasteiger partial charge in [0.2, 0.25) is 15.9 Å². The van der Waals surface area contributed by atoms with Gasteiger partial charge in [-0.2, -0.15) is 4.31 Å². The van der Waals surface area contributed by atoms with Crippen LogP contribution in [0.5, 0.6) is 0 Å². The second-order valence-electron chi connectivity index (χ2n) is 8.03. The number of nitrogens with one attached hydrogen (secondary N) is 1. The maximum absolute atomic E-state index is 13.1. The minimum atomic E-state index is -3.53. The summed E-state index contributed by atoms with van der Waals surface area (Å²) in [6, 6.07) is 15.0. The van der Waals surface area contributed by atoms with E-state index >= 15 is 0 Å². The van der Waals surface area contributed by atoms with E-state index in [1.165, 1.54) is 4.31 Å². The van der Waals surface area contributed by atoms with Crippen LogP contribution in [0.4, 0.5) is 0 Å². The van der Waals surface area contributed by atoms with E-state index in [2.05, 4.69) is 5.32 Å². The van der Waals surface area contributed by atoms with Crippen LogP contribution in [0.3, 0.4) is 0 Å². The maximum atomic E-state index is 13.1. The van der Waals surface area contributed by atoms with Crippen molar-refractivity contribution in [2.75, 3.05) is 26.2 Å². The normalized spacial score (nSPS) is 18.0. The highest BCUT2D eigenvalue weighted by atomic mass is 32.2. The van der Waals surface area contributed by atoms with Crippen molar-refractivity contribution in [3.05, 3.63) is 65.2 Å². The number of carbonyl (C=O) groups is 1. The molecule has 3 rings (SSSR count). The highest BCUT2D eigenvalue weighted by Gasteiger charge is 2.32. The summed E-state index contributed by atoms with van der Waals surface area (Å²) in [6.07, 6.45) is 0. The maximum Gasteiger partial charge on any atom is 0.243 e. The molecule has 0 bridgehead atoms. The van der Waals surface area contributed by atoms with E-state index < -0.39 is 10.0 Å². The predicted octanol–water partition coefficient (Wildman–Crippen LogP) is 2.88. The van der Waals surface area contributed by atoms with Crippen molar-refractivity contribution in [2.45, 2.75) is 44.7 Å². The highest BCUT2D eigenvalue weighted by molar-refractivity contribution is 7.89. The Hall–Kier alpha value is -2.22. The van der Waals surface area contributed by atoms with Crippen LogP contribution in [0, 0.1) is 13.8 Å². The number of sulfonamides is 1. The Morgan fingerprint density at radius 1 is 0.967 bits per heavy atom. The van der Waals surface area contributed by atoms with Gasteiger partial charge in [0.05, 0.1) is 17.0 Å². The SMILES string of the molecule is Cc1ccc(C)c(S(=O)(=O)N2CCN(C(C)C(=O)NC(C)c3ccccc3)CC2)c1. The van der Waals surface area contributed by atoms with Crippen molar-refractivity contribution >= 4 is 15.9 Å². The molecule has 30 heavy (non-hydrogen) atoms. The molecule has 7 heteroatoms. The summed E-state index contributed by atoms with van der Waals surface area (Å²) in [5.41, 5.74) is 2.74. The number of nitrogens with zero attached hydrogens (tertiary/aromatic N) is 2. The second-order valence-corrected chi connectivity index (χ2v) is 9.93. The molecular weight excluding hydrogens is 398 g/mol. The Kier molecular flexibility index (Phi) is 6.95. The van der Waals surface area contributed by atoms with Crippen molar-refractivity contribution in [1.82, 2.24) is 14.5 Å². The van der Waals surface area contributed by atoms with Crippen molar-refractivity contribution in [1.29, 1.82) is 0 Å². The van der Waals surface area contributed by atoms with Gasteiger partial charge in [0.15, 0.2) is 0 Å². The number of piperazine rings is 1. The Balaban J connectivity index is 1.60. The van der Waals surface area contributed by atoms with Crippen LogP contribution in [0.2, 0.25) is 0 Å². The number of amides is 1. The minimum absolute atomic E-state index is 0.0443. The van der Waals surface area contributed by atoms with Crippen LogP contribution in [-0.4, -0.2) is 55.8 Å². The monoisotopic (exact) mass is 429 g/mol. The lowest BCUT2D eigenvalue weighted by atomic mass is 10.1. The molecule has 1 aliphatic rings. The molecular formula is C23H31N3O3S. The third-order valence-electron chi connectivity index (χ3n) is 5.82. The summed E-state index contributed by atoms with van der Waals surface area (Å²) in [4.78, 5) is 15.1. The van der Waals surface area contributed by atoms with Crippen molar-refractivity contribution in [2.24, 2.45) is 0 Å². The molecule has 2 aromatic rings. The molecule has 1 fully saturated rings. The van der Waals surface area contributed by atoms with Crippen molar-refractivity contribution in [3.63, 3.8) is 0 Å². The van der Waals surface area contributed by atoms with E-state index in [1.54, 1.807) is 6.07 Å². The lowest BCUT2D eigenvalue weighted by Gasteiger charge is -2.37. The van der Waals surface area contributed by atoms with Crippen LogP contribution in [0.1, 0.15) is 36.6 Å². The third kappa shape index (κ3) is 4.91. The summed E-state index contributed by atoms with van der Waals surface area (Å²) in [7, 11) is -3.53. The molecule has 1 N–H and O–H groups in total. The first-order valence-electron chi connectivity index (χ1n) is 10.4. The molecule has 1 saturated heterocycles. The van der Waals surface area contributed by atoms with E-state index in [0.717, 1.165) is 16.7 Å². The molecule has 0 aliphatic carbocycles. The number of benzene rings is 2. The van der Waals surface area contributed by atoms with Gasteiger partial charge in [-0.1, -0.05) is 42.5 Å². The smallest absolute Gasteiger partial charge is 0.243 e. The first kappa shape index (κ1) is 22.5. The molecule has 162 valence electrons. The minimum Gasteiger partial charge on any atom is -0.348 e. The first-order valence-corrected chi connectivity index (χ1v) is 11.8. The number of hydrogen-bond acceptors (Lipinski definition) is 4. The predicted molar refractivity (Wildman–Crippen MR) is 119 cm³/mol. The molecule has 0 radical (unpaired) electrons. The summed E-state index contributed by atoms with van der Waals surface area (Å²) < 4.78 is 27.7. The lowest BCUT2D eigenvalue weighted by Crippen LogP contribution is -2.55. The van der Waals surface area contributed by atoms with Crippen molar-refractivity contribution < 1.29 is 13.2 Å². The zero-order chi connectivity index (χ0) is 21.9. The zero-order valence-electron chi connectivity index (χ0n) is 18.1. The average molecular weight is 430 g/mol. The summed E-state index contributed by atoms with van der Waals surface area (Å²) in [5.74, 6) is -0.0443. The number of rotatable bonds is 6. The third-order valence-corrected chi connectivity index (χ3v) is 7.86. The van der Waals surface area contributed by atoms with E-state index in [-0.39, 0.29) is 18.0 Å².